The van der Waals surface area contributed by atoms with Crippen LogP contribution in [0.15, 0.2) is 47.0 Å². The van der Waals surface area contributed by atoms with Gasteiger partial charge in [0, 0.05) is 17.2 Å². The Morgan fingerprint density at radius 1 is 1.07 bits per heavy atom. The third kappa shape index (κ3) is 4.22. The van der Waals surface area contributed by atoms with E-state index in [1.54, 1.807) is 18.2 Å². The Labute approximate surface area is 156 Å². The summed E-state index contributed by atoms with van der Waals surface area (Å²) in [6, 6.07) is 10.1. The van der Waals surface area contributed by atoms with Crippen molar-refractivity contribution in [1.29, 1.82) is 0 Å². The van der Waals surface area contributed by atoms with E-state index in [-0.39, 0.29) is 23.4 Å². The molecule has 0 atom stereocenters. The van der Waals surface area contributed by atoms with Crippen LogP contribution in [0, 0.1) is 0 Å². The highest BCUT2D eigenvalue weighted by Crippen LogP contribution is 2.29. The van der Waals surface area contributed by atoms with Crippen molar-refractivity contribution in [3.63, 3.8) is 0 Å². The van der Waals surface area contributed by atoms with Gasteiger partial charge in [-0.3, -0.25) is 9.59 Å². The molecule has 0 amide bonds. The molecule has 3 aromatic rings. The van der Waals surface area contributed by atoms with Crippen molar-refractivity contribution in [1.82, 2.24) is 15.1 Å². The lowest BCUT2D eigenvalue weighted by Crippen LogP contribution is -2.17. The van der Waals surface area contributed by atoms with Crippen molar-refractivity contribution in [3.8, 4) is 17.3 Å². The maximum absolute atomic E-state index is 12.5. The van der Waals surface area contributed by atoms with Crippen LogP contribution < -0.4 is 4.74 Å². The molecule has 0 N–H and O–H groups in total. The number of nitrogens with zero attached hydrogens (tertiary/aromatic N) is 3. The highest BCUT2D eigenvalue weighted by Gasteiger charge is 2.38. The van der Waals surface area contributed by atoms with Gasteiger partial charge in [-0.15, -0.1) is 0 Å². The molecule has 1 aromatic carbocycles. The molecule has 0 bridgehead atoms. The SMILES string of the molecule is COc1cccc(CC(=O)C(=O)c2ccc(-c3noc(C(F)(F)F)n3)cc2)n1. The number of carbonyl (C=O) groups is 2. The average Bonchev–Trinajstić information content (AvgIpc) is 3.18. The Morgan fingerprint density at radius 3 is 2.39 bits per heavy atom. The molecule has 10 heteroatoms. The first-order chi connectivity index (χ1) is 13.3. The van der Waals surface area contributed by atoms with Gasteiger partial charge in [0.25, 0.3) is 0 Å². The number of aromatic nitrogens is 3. The number of halogens is 3. The maximum Gasteiger partial charge on any atom is 0.471 e. The molecular formula is C18H12F3N3O4. The second kappa shape index (κ2) is 7.59. The predicted molar refractivity (Wildman–Crippen MR) is 88.6 cm³/mol. The summed E-state index contributed by atoms with van der Waals surface area (Å²) in [4.78, 5) is 31.8. The number of rotatable bonds is 6. The molecule has 0 aliphatic carbocycles. The van der Waals surface area contributed by atoms with Crippen LogP contribution >= 0.6 is 0 Å². The van der Waals surface area contributed by atoms with Gasteiger partial charge in [0.15, 0.2) is 0 Å². The van der Waals surface area contributed by atoms with E-state index in [1.165, 1.54) is 31.4 Å². The Hall–Kier alpha value is -3.56. The van der Waals surface area contributed by atoms with Crippen LogP contribution in [0.25, 0.3) is 11.4 Å². The molecule has 7 nitrogen and oxygen atoms in total. The zero-order valence-corrected chi connectivity index (χ0v) is 14.4. The van der Waals surface area contributed by atoms with Crippen molar-refractivity contribution in [2.45, 2.75) is 12.6 Å². The highest BCUT2D eigenvalue weighted by atomic mass is 19.4. The normalized spacial score (nSPS) is 11.3. The summed E-state index contributed by atoms with van der Waals surface area (Å²) in [5, 5.41) is 3.26. The third-order valence-electron chi connectivity index (χ3n) is 3.66. The minimum absolute atomic E-state index is 0.0798. The van der Waals surface area contributed by atoms with E-state index in [1.807, 2.05) is 0 Å². The third-order valence-corrected chi connectivity index (χ3v) is 3.66. The number of methoxy groups -OCH3 is 1. The minimum atomic E-state index is -4.75. The van der Waals surface area contributed by atoms with E-state index in [0.717, 1.165) is 0 Å². The summed E-state index contributed by atoms with van der Waals surface area (Å²) in [6.45, 7) is 0. The second-order valence-electron chi connectivity index (χ2n) is 5.60. The summed E-state index contributed by atoms with van der Waals surface area (Å²) in [6.07, 6.45) is -4.96. The number of hydrogen-bond donors (Lipinski definition) is 0. The second-order valence-corrected chi connectivity index (χ2v) is 5.60. The molecule has 0 fully saturated rings. The number of pyridine rings is 1. The summed E-state index contributed by atoms with van der Waals surface area (Å²) >= 11 is 0. The number of benzene rings is 1. The molecule has 2 aromatic heterocycles. The summed E-state index contributed by atoms with van der Waals surface area (Å²) in [5.74, 6) is -2.87. The van der Waals surface area contributed by atoms with E-state index in [9.17, 15) is 22.8 Å². The molecule has 2 heterocycles. The molecule has 0 saturated carbocycles. The van der Waals surface area contributed by atoms with Crippen LogP contribution in [0.5, 0.6) is 5.88 Å². The minimum Gasteiger partial charge on any atom is -0.481 e. The van der Waals surface area contributed by atoms with Crippen molar-refractivity contribution in [3.05, 3.63) is 59.6 Å². The molecule has 0 aliphatic heterocycles. The zero-order chi connectivity index (χ0) is 20.3. The first-order valence-corrected chi connectivity index (χ1v) is 7.86. The molecule has 0 aliphatic rings. The van der Waals surface area contributed by atoms with E-state index in [2.05, 4.69) is 19.6 Å². The van der Waals surface area contributed by atoms with Gasteiger partial charge in [-0.05, 0) is 6.07 Å². The fourth-order valence-electron chi connectivity index (χ4n) is 2.30. The Morgan fingerprint density at radius 2 is 1.79 bits per heavy atom. The van der Waals surface area contributed by atoms with Crippen LogP contribution in [0.1, 0.15) is 21.9 Å². The van der Waals surface area contributed by atoms with E-state index in [4.69, 9.17) is 4.74 Å². The molecule has 0 saturated heterocycles. The van der Waals surface area contributed by atoms with Gasteiger partial charge in [0.05, 0.1) is 19.2 Å². The van der Waals surface area contributed by atoms with Crippen LogP contribution in [0.3, 0.4) is 0 Å². The molecule has 0 spiro atoms. The van der Waals surface area contributed by atoms with Gasteiger partial charge >= 0.3 is 12.1 Å². The van der Waals surface area contributed by atoms with Crippen molar-refractivity contribution in [2.24, 2.45) is 0 Å². The summed E-state index contributed by atoms with van der Waals surface area (Å²) in [7, 11) is 1.43. The quantitative estimate of drug-likeness (QED) is 0.470. The standard InChI is InChI=1S/C18H12F3N3O4/c1-27-14-4-2-3-12(22-14)9-13(25)15(26)10-5-7-11(8-6-10)16-23-17(28-24-16)18(19,20)21/h2-8H,9H2,1H3. The monoisotopic (exact) mass is 391 g/mol. The van der Waals surface area contributed by atoms with Gasteiger partial charge in [-0.2, -0.15) is 18.2 Å². The highest BCUT2D eigenvalue weighted by molar-refractivity contribution is 6.44. The van der Waals surface area contributed by atoms with Gasteiger partial charge in [0.1, 0.15) is 0 Å². The molecule has 28 heavy (non-hydrogen) atoms. The van der Waals surface area contributed by atoms with Crippen LogP contribution in [-0.2, 0) is 17.4 Å². The van der Waals surface area contributed by atoms with Gasteiger partial charge in [-0.25, -0.2) is 4.98 Å². The van der Waals surface area contributed by atoms with Gasteiger partial charge < -0.3 is 9.26 Å². The Bertz CT molecular complexity index is 1010. The van der Waals surface area contributed by atoms with Crippen LogP contribution in [-0.4, -0.2) is 33.8 Å². The first kappa shape index (κ1) is 19.2. The molecular weight excluding hydrogens is 379 g/mol. The summed E-state index contributed by atoms with van der Waals surface area (Å²) < 4.78 is 46.7. The Balaban J connectivity index is 1.72. The number of alkyl halides is 3. The summed E-state index contributed by atoms with van der Waals surface area (Å²) in [5.41, 5.74) is 0.662. The van der Waals surface area contributed by atoms with Crippen LogP contribution in [0.2, 0.25) is 0 Å². The van der Waals surface area contributed by atoms with Crippen molar-refractivity contribution < 1.29 is 32.0 Å². The van der Waals surface area contributed by atoms with Gasteiger partial charge in [0.2, 0.25) is 23.3 Å². The number of carbonyl (C=O) groups excluding carboxylic acids is 2. The first-order valence-electron chi connectivity index (χ1n) is 7.86. The molecule has 0 radical (unpaired) electrons. The molecule has 0 unspecified atom stereocenters. The smallest absolute Gasteiger partial charge is 0.471 e. The predicted octanol–water partition coefficient (Wildman–Crippen LogP) is 3.15. The lowest BCUT2D eigenvalue weighted by atomic mass is 10.0. The van der Waals surface area contributed by atoms with E-state index < -0.39 is 23.6 Å². The lowest BCUT2D eigenvalue weighted by molar-refractivity contribution is -0.159. The fraction of sp³-hybridized carbons (Fsp3) is 0.167. The van der Waals surface area contributed by atoms with Crippen molar-refractivity contribution in [2.75, 3.05) is 7.11 Å². The van der Waals surface area contributed by atoms with Gasteiger partial charge in [-0.1, -0.05) is 35.5 Å². The number of Topliss-reactive ketones (excluding diaryl/α,β-unsaturated/α-hetero) is 2. The number of ketones is 2. The van der Waals surface area contributed by atoms with E-state index >= 15 is 0 Å². The topological polar surface area (TPSA) is 95.2 Å². The molecule has 3 rings (SSSR count). The lowest BCUT2D eigenvalue weighted by Gasteiger charge is -2.03. The fourth-order valence-corrected chi connectivity index (χ4v) is 2.30. The van der Waals surface area contributed by atoms with E-state index in [0.29, 0.717) is 11.6 Å². The van der Waals surface area contributed by atoms with Crippen LogP contribution in [0.4, 0.5) is 13.2 Å². The van der Waals surface area contributed by atoms with Crippen molar-refractivity contribution >= 4 is 11.6 Å². The average molecular weight is 391 g/mol. The number of hydrogen-bond acceptors (Lipinski definition) is 7. The zero-order valence-electron chi connectivity index (χ0n) is 14.4. The molecule has 144 valence electrons. The Kier molecular flexibility index (Phi) is 5.21. The largest absolute Gasteiger partial charge is 0.481 e. The maximum atomic E-state index is 12.5. The number of ether oxygens (including phenoxy) is 1.